The van der Waals surface area contributed by atoms with Crippen LogP contribution in [0.25, 0.3) is 94.7 Å². The molecule has 5 nitrogen and oxygen atoms in total. The van der Waals surface area contributed by atoms with Crippen LogP contribution in [0.1, 0.15) is 24.7 Å². The number of benzene rings is 7. The minimum Gasteiger partial charge on any atom is -0.455 e. The fourth-order valence-electron chi connectivity index (χ4n) is 5.95. The third-order valence-electron chi connectivity index (χ3n) is 8.16. The van der Waals surface area contributed by atoms with E-state index < -0.39 is 148 Å². The van der Waals surface area contributed by atoms with Gasteiger partial charge >= 0.3 is 0 Å². The molecule has 7 aromatic carbocycles. The fraction of sp³-hybridized carbons (Fsp3) is 0. The molecule has 0 bridgehead atoms. The maximum Gasteiger partial charge on any atom is 0.166 e. The first-order chi connectivity index (χ1) is 32.3. The molecule has 0 atom stereocenters. The van der Waals surface area contributed by atoms with Gasteiger partial charge in [-0.2, -0.15) is 0 Å². The number of aromatic nitrogens is 4. The minimum atomic E-state index is -0.814. The maximum absolute atomic E-state index is 9.81. The molecule has 234 valence electrons. The number of hydrogen-bond acceptors (Lipinski definition) is 4. The molecule has 0 spiro atoms. The summed E-state index contributed by atoms with van der Waals surface area (Å²) in [6, 6.07) is 4.12. The van der Waals surface area contributed by atoms with Crippen molar-refractivity contribution in [2.45, 2.75) is 0 Å². The van der Waals surface area contributed by atoms with Crippen molar-refractivity contribution < 1.29 is 29.1 Å². The van der Waals surface area contributed by atoms with E-state index in [2.05, 4.69) is 0 Å². The lowest BCUT2D eigenvalue weighted by atomic mass is 10.0. The highest BCUT2D eigenvalue weighted by molar-refractivity contribution is 6.14. The maximum atomic E-state index is 9.81. The molecule has 0 aliphatic rings. The topological polar surface area (TPSA) is 56.7 Å². The summed E-state index contributed by atoms with van der Waals surface area (Å²) >= 11 is 0. The molecule has 3 heterocycles. The minimum absolute atomic E-state index is 0.110. The van der Waals surface area contributed by atoms with Crippen LogP contribution in [0.5, 0.6) is 0 Å². The standard InChI is InChI=1S/C45H28N4O/c1-4-14-29(15-5-1)33-21-12-23-37-35-27-26-32(28-40(35)50-42(33)37)49-39-25-11-10-20-34(39)36-22-13-24-38(41(36)49)45-47-43(30-16-6-2-7-17-30)46-44(48-45)31-18-8-3-9-19-31/h1-28H/i1D,4D,5D,10D,11D,12D,13D,14D,15D,20D,21D,22D,23D,24D,25D,26D,27D,28D. The van der Waals surface area contributed by atoms with Crippen molar-refractivity contribution in [3.63, 3.8) is 0 Å². The number of fused-ring (bicyclic) bond motifs is 6. The molecular weight excluding hydrogens is 613 g/mol. The molecule has 0 aliphatic heterocycles. The lowest BCUT2D eigenvalue weighted by molar-refractivity contribution is 0.669. The predicted octanol–water partition coefficient (Wildman–Crippen LogP) is 11.5. The average Bonchev–Trinajstić information content (AvgIpc) is 3.91. The normalized spacial score (nSPS) is 16.6. The van der Waals surface area contributed by atoms with Gasteiger partial charge in [0.15, 0.2) is 17.5 Å². The Kier molecular flexibility index (Phi) is 3.55. The second-order valence-electron chi connectivity index (χ2n) is 11.1. The number of nitrogens with zero attached hydrogens (tertiary/aromatic N) is 4. The van der Waals surface area contributed by atoms with Crippen LogP contribution in [-0.2, 0) is 0 Å². The summed E-state index contributed by atoms with van der Waals surface area (Å²) in [5.41, 5.74) is -2.79. The third kappa shape index (κ3) is 4.52. The van der Waals surface area contributed by atoms with Crippen LogP contribution in [0.3, 0.4) is 0 Å². The zero-order valence-corrected chi connectivity index (χ0v) is 25.5. The molecule has 0 unspecified atom stereocenters. The Balaban J connectivity index is 1.42. The van der Waals surface area contributed by atoms with Gasteiger partial charge in [-0.1, -0.05) is 139 Å². The van der Waals surface area contributed by atoms with E-state index in [1.54, 1.807) is 60.7 Å². The lowest BCUT2D eigenvalue weighted by Gasteiger charge is -2.12. The molecule has 10 rings (SSSR count). The molecule has 0 saturated carbocycles. The van der Waals surface area contributed by atoms with E-state index in [0.717, 1.165) is 4.57 Å². The Bertz CT molecular complexity index is 3810. The number of para-hydroxylation sites is 3. The molecule has 5 heteroatoms. The van der Waals surface area contributed by atoms with Gasteiger partial charge in [-0.15, -0.1) is 0 Å². The summed E-state index contributed by atoms with van der Waals surface area (Å²) in [6.07, 6.45) is 0. The summed E-state index contributed by atoms with van der Waals surface area (Å²) in [6.45, 7) is 0. The highest BCUT2D eigenvalue weighted by Gasteiger charge is 2.21. The third-order valence-corrected chi connectivity index (χ3v) is 8.16. The molecule has 0 saturated heterocycles. The Labute approximate surface area is 313 Å². The van der Waals surface area contributed by atoms with Crippen LogP contribution in [-0.4, -0.2) is 19.5 Å². The SMILES string of the molecule is [2H]c1c([2H])c([2H])c(-c2c([2H])c([2H])c([2H])c3c2oc2c([2H])c(-n4c5c([2H])c([2H])c([2H])c([2H])c5c5c([2H])c([2H])c([2H])c(-c6nc(-c7ccccc7)nc(-c7ccccc7)n6)c54)c([2H])c([2H])c23)c([2H])c1[2H]. The van der Waals surface area contributed by atoms with Crippen molar-refractivity contribution >= 4 is 43.7 Å². The quantitative estimate of drug-likeness (QED) is 0.185. The van der Waals surface area contributed by atoms with Gasteiger partial charge in [-0.25, -0.2) is 15.0 Å². The summed E-state index contributed by atoms with van der Waals surface area (Å²) in [4.78, 5) is 14.2. The van der Waals surface area contributed by atoms with E-state index in [1.807, 2.05) is 0 Å². The van der Waals surface area contributed by atoms with Gasteiger partial charge in [-0.05, 0) is 29.7 Å². The molecule has 0 N–H and O–H groups in total. The largest absolute Gasteiger partial charge is 0.455 e. The summed E-state index contributed by atoms with van der Waals surface area (Å²) in [5.74, 6) is -0.0420. The second kappa shape index (κ2) is 11.4. The van der Waals surface area contributed by atoms with Crippen molar-refractivity contribution in [2.24, 2.45) is 0 Å². The molecule has 0 amide bonds. The lowest BCUT2D eigenvalue weighted by Crippen LogP contribution is -2.02. The highest BCUT2D eigenvalue weighted by Crippen LogP contribution is 2.40. The molecule has 50 heavy (non-hydrogen) atoms. The molecular formula is C45H28N4O. The van der Waals surface area contributed by atoms with Crippen LogP contribution in [0.2, 0.25) is 0 Å². The zero-order valence-electron chi connectivity index (χ0n) is 43.5. The Morgan fingerprint density at radius 3 is 1.84 bits per heavy atom. The Morgan fingerprint density at radius 1 is 0.480 bits per heavy atom. The number of furan rings is 1. The van der Waals surface area contributed by atoms with Gasteiger partial charge in [0.1, 0.15) is 11.2 Å². The van der Waals surface area contributed by atoms with Crippen LogP contribution < -0.4 is 0 Å². The average molecular weight is 659 g/mol. The van der Waals surface area contributed by atoms with Crippen molar-refractivity contribution in [1.29, 1.82) is 0 Å². The van der Waals surface area contributed by atoms with Gasteiger partial charge in [-0.3, -0.25) is 0 Å². The zero-order chi connectivity index (χ0) is 48.7. The van der Waals surface area contributed by atoms with E-state index in [0.29, 0.717) is 11.1 Å². The van der Waals surface area contributed by atoms with Crippen molar-refractivity contribution in [3.05, 3.63) is 169 Å². The van der Waals surface area contributed by atoms with E-state index in [1.165, 1.54) is 0 Å². The smallest absolute Gasteiger partial charge is 0.166 e. The van der Waals surface area contributed by atoms with Gasteiger partial charge < -0.3 is 8.98 Å². The Hall–Kier alpha value is -6.85. The van der Waals surface area contributed by atoms with Crippen LogP contribution in [0.4, 0.5) is 0 Å². The molecule has 10 aromatic rings. The van der Waals surface area contributed by atoms with Gasteiger partial charge in [0.05, 0.1) is 35.7 Å². The van der Waals surface area contributed by atoms with E-state index >= 15 is 0 Å². The van der Waals surface area contributed by atoms with Crippen LogP contribution >= 0.6 is 0 Å². The first-order valence-corrected chi connectivity index (χ1v) is 15.2. The van der Waals surface area contributed by atoms with E-state index in [9.17, 15) is 8.22 Å². The molecule has 3 aromatic heterocycles. The highest BCUT2D eigenvalue weighted by atomic mass is 16.3. The number of hydrogen-bond donors (Lipinski definition) is 0. The summed E-state index contributed by atoms with van der Waals surface area (Å²) in [5, 5.41) is -1.44. The van der Waals surface area contributed by atoms with Crippen LogP contribution in [0.15, 0.2) is 174 Å². The predicted molar refractivity (Wildman–Crippen MR) is 203 cm³/mol. The monoisotopic (exact) mass is 658 g/mol. The van der Waals surface area contributed by atoms with Gasteiger partial charge in [0.2, 0.25) is 0 Å². The Morgan fingerprint density at radius 2 is 1.10 bits per heavy atom. The van der Waals surface area contributed by atoms with E-state index in [-0.39, 0.29) is 44.7 Å². The summed E-state index contributed by atoms with van der Waals surface area (Å²) in [7, 11) is 0. The number of rotatable bonds is 5. The van der Waals surface area contributed by atoms with Gasteiger partial charge in [0.25, 0.3) is 0 Å². The van der Waals surface area contributed by atoms with Crippen molar-refractivity contribution in [1.82, 2.24) is 19.5 Å². The van der Waals surface area contributed by atoms with E-state index in [4.69, 9.17) is 35.8 Å². The summed E-state index contributed by atoms with van der Waals surface area (Å²) < 4.78 is 169. The van der Waals surface area contributed by atoms with Gasteiger partial charge in [0, 0.05) is 55.5 Å². The van der Waals surface area contributed by atoms with Crippen molar-refractivity contribution in [2.75, 3.05) is 0 Å². The van der Waals surface area contributed by atoms with Crippen molar-refractivity contribution in [3.8, 4) is 51.0 Å². The molecule has 0 fully saturated rings. The molecule has 0 radical (unpaired) electrons. The van der Waals surface area contributed by atoms with Crippen LogP contribution in [0, 0.1) is 0 Å². The fourth-order valence-corrected chi connectivity index (χ4v) is 5.95. The molecule has 0 aliphatic carbocycles. The first kappa shape index (κ1) is 15.6. The first-order valence-electron chi connectivity index (χ1n) is 24.2. The second-order valence-corrected chi connectivity index (χ2v) is 11.1.